The van der Waals surface area contributed by atoms with Crippen LogP contribution in [0.4, 0.5) is 0 Å². The maximum absolute atomic E-state index is 10.5. The first kappa shape index (κ1) is 10.8. The highest BCUT2D eigenvalue weighted by atomic mass is 32.1. The van der Waals surface area contributed by atoms with Gasteiger partial charge in [-0.15, -0.1) is 11.3 Å². The molecule has 1 rings (SSSR count). The summed E-state index contributed by atoms with van der Waals surface area (Å²) in [6, 6.07) is 1.60. The molecule has 2 N–H and O–H groups in total. The molecule has 14 heavy (non-hydrogen) atoms. The van der Waals surface area contributed by atoms with Crippen LogP contribution in [0, 0.1) is 11.8 Å². The minimum atomic E-state index is -0.890. The fraction of sp³-hybridized carbons (Fsp3) is 0.300. The fourth-order valence-corrected chi connectivity index (χ4v) is 1.54. The van der Waals surface area contributed by atoms with Crippen LogP contribution in [-0.2, 0) is 0 Å². The van der Waals surface area contributed by atoms with Crippen molar-refractivity contribution in [2.75, 3.05) is 13.6 Å². The van der Waals surface area contributed by atoms with Gasteiger partial charge in [0.15, 0.2) is 0 Å². The first-order valence-corrected chi connectivity index (χ1v) is 5.07. The minimum Gasteiger partial charge on any atom is -0.477 e. The Bertz CT molecular complexity index is 373. The largest absolute Gasteiger partial charge is 0.477 e. The second-order valence-corrected chi connectivity index (χ2v) is 3.57. The van der Waals surface area contributed by atoms with Crippen LogP contribution >= 0.6 is 11.3 Å². The molecule has 4 heteroatoms. The lowest BCUT2D eigenvalue weighted by atomic mass is 10.3. The first-order chi connectivity index (χ1) is 6.74. The predicted octanol–water partition coefficient (Wildman–Crippen LogP) is 1.41. The highest BCUT2D eigenvalue weighted by Gasteiger charge is 2.04. The molecule has 1 heterocycles. The number of carbonyl (C=O) groups is 1. The minimum absolute atomic E-state index is 0.336. The van der Waals surface area contributed by atoms with Gasteiger partial charge in [0.05, 0.1) is 0 Å². The summed E-state index contributed by atoms with van der Waals surface area (Å²) in [5.41, 5.74) is 0.781. The second kappa shape index (κ2) is 5.43. The molecular formula is C10H11NO2S. The zero-order chi connectivity index (χ0) is 10.4. The third-order valence-corrected chi connectivity index (χ3v) is 2.46. The third-order valence-electron chi connectivity index (χ3n) is 1.54. The number of hydrogen-bond acceptors (Lipinski definition) is 3. The van der Waals surface area contributed by atoms with Gasteiger partial charge in [0, 0.05) is 23.9 Å². The molecule has 0 radical (unpaired) electrons. The van der Waals surface area contributed by atoms with Crippen molar-refractivity contribution in [3.63, 3.8) is 0 Å². The van der Waals surface area contributed by atoms with E-state index in [1.807, 2.05) is 7.05 Å². The van der Waals surface area contributed by atoms with Crippen LogP contribution in [0.1, 0.15) is 21.7 Å². The van der Waals surface area contributed by atoms with E-state index < -0.39 is 5.97 Å². The van der Waals surface area contributed by atoms with E-state index in [1.54, 1.807) is 11.4 Å². The van der Waals surface area contributed by atoms with Gasteiger partial charge in [0.2, 0.25) is 0 Å². The lowest BCUT2D eigenvalue weighted by molar-refractivity contribution is 0.0702. The third kappa shape index (κ3) is 3.21. The van der Waals surface area contributed by atoms with Crippen LogP contribution in [0.15, 0.2) is 11.4 Å². The van der Waals surface area contributed by atoms with Gasteiger partial charge in [0.1, 0.15) is 4.88 Å². The topological polar surface area (TPSA) is 49.3 Å². The summed E-state index contributed by atoms with van der Waals surface area (Å²) in [6.07, 6.45) is 0.773. The quantitative estimate of drug-likeness (QED) is 0.584. The zero-order valence-corrected chi connectivity index (χ0v) is 8.65. The van der Waals surface area contributed by atoms with Crippen molar-refractivity contribution in [3.8, 4) is 11.8 Å². The van der Waals surface area contributed by atoms with Gasteiger partial charge in [-0.05, 0) is 13.1 Å². The summed E-state index contributed by atoms with van der Waals surface area (Å²) in [5.74, 6) is 4.98. The van der Waals surface area contributed by atoms with Crippen molar-refractivity contribution < 1.29 is 9.90 Å². The summed E-state index contributed by atoms with van der Waals surface area (Å²) in [5, 5.41) is 13.4. The molecule has 74 valence electrons. The normalized spacial score (nSPS) is 9.21. The average Bonchev–Trinajstić information content (AvgIpc) is 2.61. The number of nitrogens with one attached hydrogen (secondary N) is 1. The number of thiophene rings is 1. The second-order valence-electron chi connectivity index (χ2n) is 2.66. The zero-order valence-electron chi connectivity index (χ0n) is 7.83. The smallest absolute Gasteiger partial charge is 0.345 e. The molecule has 0 spiro atoms. The molecule has 0 aliphatic rings. The molecular weight excluding hydrogens is 198 g/mol. The maximum Gasteiger partial charge on any atom is 0.345 e. The maximum atomic E-state index is 10.5. The summed E-state index contributed by atoms with van der Waals surface area (Å²) in [6.45, 7) is 0.850. The van der Waals surface area contributed by atoms with Crippen LogP contribution < -0.4 is 5.32 Å². The molecule has 0 aromatic carbocycles. The number of carboxylic acids is 1. The lowest BCUT2D eigenvalue weighted by Crippen LogP contribution is -2.05. The van der Waals surface area contributed by atoms with Crippen LogP contribution in [0.25, 0.3) is 0 Å². The monoisotopic (exact) mass is 209 g/mol. The molecule has 0 aliphatic carbocycles. The van der Waals surface area contributed by atoms with Gasteiger partial charge in [-0.1, -0.05) is 11.8 Å². The molecule has 0 saturated carbocycles. The Morgan fingerprint density at radius 3 is 3.07 bits per heavy atom. The molecule has 0 fully saturated rings. The molecule has 3 nitrogen and oxygen atoms in total. The van der Waals surface area contributed by atoms with Crippen molar-refractivity contribution in [1.82, 2.24) is 5.32 Å². The summed E-state index contributed by atoms with van der Waals surface area (Å²) < 4.78 is 0. The molecule has 0 amide bonds. The summed E-state index contributed by atoms with van der Waals surface area (Å²) in [4.78, 5) is 10.9. The standard InChI is InChI=1S/C10H11NO2S/c1-11-5-3-2-4-8-6-9(10(12)13)14-7-8/h6-7,11H,3,5H2,1H3,(H,12,13). The van der Waals surface area contributed by atoms with Crippen molar-refractivity contribution >= 4 is 17.3 Å². The predicted molar refractivity (Wildman–Crippen MR) is 56.7 cm³/mol. The number of rotatable bonds is 3. The van der Waals surface area contributed by atoms with E-state index in [9.17, 15) is 4.79 Å². The molecule has 1 aromatic rings. The van der Waals surface area contributed by atoms with Gasteiger partial charge >= 0.3 is 5.97 Å². The fourth-order valence-electron chi connectivity index (χ4n) is 0.866. The van der Waals surface area contributed by atoms with Crippen molar-refractivity contribution in [3.05, 3.63) is 21.9 Å². The Morgan fingerprint density at radius 2 is 2.50 bits per heavy atom. The van der Waals surface area contributed by atoms with Crippen LogP contribution in [-0.4, -0.2) is 24.7 Å². The van der Waals surface area contributed by atoms with E-state index in [4.69, 9.17) is 5.11 Å². The van der Waals surface area contributed by atoms with E-state index in [0.29, 0.717) is 4.88 Å². The highest BCUT2D eigenvalue weighted by Crippen LogP contribution is 2.13. The van der Waals surface area contributed by atoms with E-state index >= 15 is 0 Å². The molecule has 0 bridgehead atoms. The van der Waals surface area contributed by atoms with E-state index in [-0.39, 0.29) is 0 Å². The molecule has 0 aliphatic heterocycles. The van der Waals surface area contributed by atoms with Gasteiger partial charge in [-0.25, -0.2) is 4.79 Å². The van der Waals surface area contributed by atoms with E-state index in [1.165, 1.54) is 11.3 Å². The Balaban J connectivity index is 2.58. The van der Waals surface area contributed by atoms with Crippen LogP contribution in [0.5, 0.6) is 0 Å². The van der Waals surface area contributed by atoms with E-state index in [2.05, 4.69) is 17.2 Å². The number of hydrogen-bond donors (Lipinski definition) is 2. The van der Waals surface area contributed by atoms with Gasteiger partial charge in [0.25, 0.3) is 0 Å². The van der Waals surface area contributed by atoms with Crippen molar-refractivity contribution in [1.29, 1.82) is 0 Å². The van der Waals surface area contributed by atoms with Gasteiger partial charge in [-0.3, -0.25) is 0 Å². The Labute approximate surface area is 86.8 Å². The molecule has 0 atom stereocenters. The van der Waals surface area contributed by atoms with Crippen LogP contribution in [0.2, 0.25) is 0 Å². The van der Waals surface area contributed by atoms with Gasteiger partial charge in [-0.2, -0.15) is 0 Å². The Morgan fingerprint density at radius 1 is 1.71 bits per heavy atom. The summed E-state index contributed by atoms with van der Waals surface area (Å²) >= 11 is 1.20. The highest BCUT2D eigenvalue weighted by molar-refractivity contribution is 7.12. The average molecular weight is 209 g/mol. The molecule has 1 aromatic heterocycles. The molecule has 0 unspecified atom stereocenters. The SMILES string of the molecule is CNCCC#Cc1csc(C(=O)O)c1. The lowest BCUT2D eigenvalue weighted by Gasteiger charge is -1.86. The number of aromatic carboxylic acids is 1. The first-order valence-electron chi connectivity index (χ1n) is 4.19. The van der Waals surface area contributed by atoms with Crippen molar-refractivity contribution in [2.45, 2.75) is 6.42 Å². The Kier molecular flexibility index (Phi) is 4.17. The summed E-state index contributed by atoms with van der Waals surface area (Å²) in [7, 11) is 1.87. The Hall–Kier alpha value is -1.31. The number of carboxylic acid groups (broad SMARTS) is 1. The molecule has 0 saturated heterocycles. The van der Waals surface area contributed by atoms with E-state index in [0.717, 1.165) is 18.5 Å². The van der Waals surface area contributed by atoms with Gasteiger partial charge < -0.3 is 10.4 Å². The van der Waals surface area contributed by atoms with Crippen molar-refractivity contribution in [2.24, 2.45) is 0 Å². The van der Waals surface area contributed by atoms with Crippen LogP contribution in [0.3, 0.4) is 0 Å².